The van der Waals surface area contributed by atoms with E-state index in [0.717, 1.165) is 53.5 Å². The van der Waals surface area contributed by atoms with Gasteiger partial charge in [0.25, 0.3) is 5.56 Å². The molecule has 0 amide bonds. The average molecular weight is 518 g/mol. The van der Waals surface area contributed by atoms with Crippen LogP contribution in [0.5, 0.6) is 5.75 Å². The normalized spacial score (nSPS) is 15.8. The van der Waals surface area contributed by atoms with Gasteiger partial charge in [0.15, 0.2) is 11.2 Å². The Balaban J connectivity index is 1.71. The molecular weight excluding hydrogens is 490 g/mol. The van der Waals surface area contributed by atoms with Crippen molar-refractivity contribution in [3.05, 3.63) is 48.6 Å². The number of hydrogen-bond acceptors (Lipinski definition) is 6. The van der Waals surface area contributed by atoms with Crippen LogP contribution in [0, 0.1) is 0 Å². The van der Waals surface area contributed by atoms with Crippen molar-refractivity contribution >= 4 is 33.0 Å². The lowest BCUT2D eigenvalue weighted by Crippen LogP contribution is -2.40. The number of rotatable bonds is 7. The number of halogens is 1. The van der Waals surface area contributed by atoms with Crippen LogP contribution in [0.1, 0.15) is 43.7 Å². The van der Waals surface area contributed by atoms with Crippen molar-refractivity contribution < 1.29 is 9.84 Å². The number of aliphatic hydroxyl groups excluding tert-OH is 1. The number of nitrogens with zero attached hydrogens (tertiary/aromatic N) is 4. The lowest BCUT2D eigenvalue weighted by molar-refractivity contribution is 0.274. The molecule has 2 N–H and O–H groups in total. The van der Waals surface area contributed by atoms with Crippen LogP contribution in [0.25, 0.3) is 11.2 Å². The van der Waals surface area contributed by atoms with E-state index < -0.39 is 5.69 Å². The Labute approximate surface area is 199 Å². The molecule has 176 valence electrons. The number of ether oxygens (including phenoxy) is 1. The summed E-state index contributed by atoms with van der Waals surface area (Å²) in [5, 5.41) is 13.1. The molecule has 3 aromatic rings. The third kappa shape index (κ3) is 3.89. The van der Waals surface area contributed by atoms with Crippen LogP contribution in [-0.4, -0.2) is 43.0 Å². The van der Waals surface area contributed by atoms with Crippen LogP contribution in [-0.2, 0) is 26.1 Å². The summed E-state index contributed by atoms with van der Waals surface area (Å²) in [7, 11) is 0. The van der Waals surface area contributed by atoms with Gasteiger partial charge in [-0.15, -0.1) is 0 Å². The highest BCUT2D eigenvalue weighted by atomic mass is 79.9. The van der Waals surface area contributed by atoms with Crippen molar-refractivity contribution in [3.8, 4) is 5.75 Å². The monoisotopic (exact) mass is 517 g/mol. The van der Waals surface area contributed by atoms with Gasteiger partial charge >= 0.3 is 5.69 Å². The number of anilines is 1. The van der Waals surface area contributed by atoms with E-state index >= 15 is 0 Å². The van der Waals surface area contributed by atoms with Gasteiger partial charge in [0, 0.05) is 19.0 Å². The number of fused-ring (bicyclic) bond motifs is 2. The quantitative estimate of drug-likeness (QED) is 0.498. The van der Waals surface area contributed by atoms with Crippen molar-refractivity contribution in [2.75, 3.05) is 18.5 Å². The molecule has 33 heavy (non-hydrogen) atoms. The van der Waals surface area contributed by atoms with Crippen LogP contribution in [0.15, 0.2) is 26.2 Å². The molecule has 1 aliphatic carbocycles. The van der Waals surface area contributed by atoms with Gasteiger partial charge in [0.2, 0.25) is 5.95 Å². The molecule has 10 heteroatoms. The fourth-order valence-electron chi connectivity index (χ4n) is 4.98. The number of benzene rings is 1. The van der Waals surface area contributed by atoms with Gasteiger partial charge in [-0.1, -0.05) is 18.9 Å². The molecule has 1 saturated carbocycles. The molecule has 1 fully saturated rings. The highest BCUT2D eigenvalue weighted by Gasteiger charge is 2.25. The van der Waals surface area contributed by atoms with E-state index in [0.29, 0.717) is 30.3 Å². The maximum Gasteiger partial charge on any atom is 0.332 e. The number of imidazole rings is 1. The van der Waals surface area contributed by atoms with Gasteiger partial charge in [-0.3, -0.25) is 18.5 Å². The first kappa shape index (κ1) is 22.2. The number of aliphatic hydroxyl groups is 1. The second-order valence-corrected chi connectivity index (χ2v) is 9.55. The highest BCUT2D eigenvalue weighted by molar-refractivity contribution is 9.10. The van der Waals surface area contributed by atoms with Crippen LogP contribution >= 0.6 is 15.9 Å². The van der Waals surface area contributed by atoms with E-state index in [1.807, 2.05) is 10.6 Å². The number of aromatic nitrogens is 4. The molecule has 9 nitrogen and oxygen atoms in total. The molecule has 0 saturated heterocycles. The van der Waals surface area contributed by atoms with Crippen LogP contribution < -0.4 is 21.3 Å². The van der Waals surface area contributed by atoms with Crippen molar-refractivity contribution in [2.24, 2.45) is 0 Å². The molecule has 3 heterocycles. The Morgan fingerprint density at radius 2 is 2.00 bits per heavy atom. The summed E-state index contributed by atoms with van der Waals surface area (Å²) in [6.45, 7) is 2.97. The number of hydrogen-bond donors (Lipinski definition) is 2. The van der Waals surface area contributed by atoms with Crippen molar-refractivity contribution in [1.82, 2.24) is 18.7 Å². The Kier molecular flexibility index (Phi) is 6.05. The summed E-state index contributed by atoms with van der Waals surface area (Å²) in [5.41, 5.74) is 2.03. The van der Waals surface area contributed by atoms with Crippen LogP contribution in [0.3, 0.4) is 0 Å². The van der Waals surface area contributed by atoms with E-state index in [2.05, 4.69) is 27.3 Å². The Hall–Kier alpha value is -2.59. The van der Waals surface area contributed by atoms with Gasteiger partial charge < -0.3 is 15.2 Å². The first-order chi connectivity index (χ1) is 16.0. The van der Waals surface area contributed by atoms with E-state index in [9.17, 15) is 14.7 Å². The summed E-state index contributed by atoms with van der Waals surface area (Å²) < 4.78 is 11.1. The second-order valence-electron chi connectivity index (χ2n) is 8.69. The SMILES string of the molecule is CCn1c(=O)c2c(nc(NC3CCCC3)n2Cc2cc(Br)c3c(c2)CCO3)n(CCO)c1=O. The molecule has 0 unspecified atom stereocenters. The summed E-state index contributed by atoms with van der Waals surface area (Å²) in [6, 6.07) is 4.41. The first-order valence-corrected chi connectivity index (χ1v) is 12.4. The van der Waals surface area contributed by atoms with E-state index in [1.165, 1.54) is 9.13 Å². The Bertz CT molecular complexity index is 1320. The molecule has 0 atom stereocenters. The molecular formula is C23H28BrN5O4. The zero-order chi connectivity index (χ0) is 23.1. The summed E-state index contributed by atoms with van der Waals surface area (Å²) in [5.74, 6) is 1.46. The van der Waals surface area contributed by atoms with E-state index in [-0.39, 0.29) is 31.3 Å². The molecule has 1 aliphatic heterocycles. The molecule has 1 aromatic carbocycles. The molecule has 0 spiro atoms. The fraction of sp³-hybridized carbons (Fsp3) is 0.522. The molecule has 5 rings (SSSR count). The fourth-order valence-corrected chi connectivity index (χ4v) is 5.65. The highest BCUT2D eigenvalue weighted by Crippen LogP contribution is 2.35. The minimum atomic E-state index is -0.446. The third-order valence-electron chi connectivity index (χ3n) is 6.58. The van der Waals surface area contributed by atoms with Gasteiger partial charge in [-0.25, -0.2) is 4.79 Å². The number of nitrogens with one attached hydrogen (secondary N) is 1. The van der Waals surface area contributed by atoms with E-state index in [1.54, 1.807) is 6.92 Å². The van der Waals surface area contributed by atoms with E-state index in [4.69, 9.17) is 9.72 Å². The summed E-state index contributed by atoms with van der Waals surface area (Å²) in [4.78, 5) is 31.1. The molecule has 2 aliphatic rings. The zero-order valence-electron chi connectivity index (χ0n) is 18.6. The second kappa shape index (κ2) is 8.98. The maximum absolute atomic E-state index is 13.4. The summed E-state index contributed by atoms with van der Waals surface area (Å²) >= 11 is 3.62. The first-order valence-electron chi connectivity index (χ1n) is 11.6. The molecule has 2 aromatic heterocycles. The minimum absolute atomic E-state index is 0.0806. The predicted octanol–water partition coefficient (Wildman–Crippen LogP) is 2.47. The Morgan fingerprint density at radius 1 is 1.21 bits per heavy atom. The lowest BCUT2D eigenvalue weighted by Gasteiger charge is -2.16. The maximum atomic E-state index is 13.4. The zero-order valence-corrected chi connectivity index (χ0v) is 20.2. The van der Waals surface area contributed by atoms with Crippen LogP contribution in [0.4, 0.5) is 5.95 Å². The van der Waals surface area contributed by atoms with Crippen molar-refractivity contribution in [2.45, 2.75) is 64.7 Å². The largest absolute Gasteiger partial charge is 0.492 e. The lowest BCUT2D eigenvalue weighted by atomic mass is 10.1. The third-order valence-corrected chi connectivity index (χ3v) is 7.17. The molecule has 0 bridgehead atoms. The van der Waals surface area contributed by atoms with Gasteiger partial charge in [-0.05, 0) is 52.9 Å². The van der Waals surface area contributed by atoms with Gasteiger partial charge in [0.05, 0.1) is 30.8 Å². The van der Waals surface area contributed by atoms with Crippen LogP contribution in [0.2, 0.25) is 0 Å². The summed E-state index contributed by atoms with van der Waals surface area (Å²) in [6.07, 6.45) is 5.26. The van der Waals surface area contributed by atoms with Gasteiger partial charge in [0.1, 0.15) is 5.75 Å². The predicted molar refractivity (Wildman–Crippen MR) is 129 cm³/mol. The van der Waals surface area contributed by atoms with Crippen molar-refractivity contribution in [3.63, 3.8) is 0 Å². The minimum Gasteiger partial charge on any atom is -0.492 e. The standard InChI is InChI=1S/C23H28BrN5O4/c1-2-27-21(31)18-20(28(8-9-30)23(27)32)26-22(25-16-5-3-4-6-16)29(18)13-14-11-15-7-10-33-19(15)17(24)12-14/h11-12,16,30H,2-10,13H2,1H3,(H,25,26). The van der Waals surface area contributed by atoms with Crippen molar-refractivity contribution in [1.29, 1.82) is 0 Å². The molecule has 0 radical (unpaired) electrons. The topological polar surface area (TPSA) is 103 Å². The van der Waals surface area contributed by atoms with Gasteiger partial charge in [-0.2, -0.15) is 4.98 Å². The smallest absolute Gasteiger partial charge is 0.332 e. The Morgan fingerprint density at radius 3 is 2.73 bits per heavy atom. The average Bonchev–Trinajstić information content (AvgIpc) is 3.53.